The minimum Gasteiger partial charge on any atom is -0.480 e. The van der Waals surface area contributed by atoms with Crippen LogP contribution < -0.4 is 4.74 Å². The van der Waals surface area contributed by atoms with Crippen molar-refractivity contribution in [2.45, 2.75) is 26.8 Å². The van der Waals surface area contributed by atoms with Gasteiger partial charge in [-0.15, -0.1) is 11.3 Å². The molecule has 1 saturated heterocycles. The highest BCUT2D eigenvalue weighted by molar-refractivity contribution is 7.53. The molecule has 1 aliphatic heterocycles. The number of fused-ring (bicyclic) bond motifs is 3. The van der Waals surface area contributed by atoms with Crippen molar-refractivity contribution in [2.24, 2.45) is 0 Å². The van der Waals surface area contributed by atoms with Crippen LogP contribution in [0.1, 0.15) is 29.9 Å². The monoisotopic (exact) mass is 438 g/mol. The summed E-state index contributed by atoms with van der Waals surface area (Å²) < 4.78 is 35.0. The van der Waals surface area contributed by atoms with E-state index < -0.39 is 7.60 Å². The van der Waals surface area contributed by atoms with Crippen LogP contribution in [0.25, 0.3) is 11.3 Å². The number of hydrogen-bond acceptors (Lipinski definition) is 8. The van der Waals surface area contributed by atoms with Crippen molar-refractivity contribution < 1.29 is 23.1 Å². The average Bonchev–Trinajstić information content (AvgIpc) is 3.30. The predicted molar refractivity (Wildman–Crippen MR) is 113 cm³/mol. The summed E-state index contributed by atoms with van der Waals surface area (Å²) in [7, 11) is -3.28. The molecule has 0 amide bonds. The number of hydrogen-bond donors (Lipinski definition) is 0. The van der Waals surface area contributed by atoms with Crippen molar-refractivity contribution in [1.29, 1.82) is 0 Å². The van der Waals surface area contributed by atoms with Crippen molar-refractivity contribution in [3.63, 3.8) is 0 Å². The predicted octanol–water partition coefficient (Wildman–Crippen LogP) is 4.15. The first-order chi connectivity index (χ1) is 14.1. The van der Waals surface area contributed by atoms with Gasteiger partial charge in [0.15, 0.2) is 6.35 Å². The number of thiazole rings is 1. The Hall–Kier alpha value is -1.28. The minimum atomic E-state index is -3.28. The number of benzene rings is 1. The summed E-state index contributed by atoms with van der Waals surface area (Å²) >= 11 is 1.67. The third-order valence-corrected chi connectivity index (χ3v) is 7.70. The molecule has 9 heteroatoms. The van der Waals surface area contributed by atoms with Crippen LogP contribution in [-0.4, -0.2) is 55.7 Å². The van der Waals surface area contributed by atoms with E-state index in [4.69, 9.17) is 18.5 Å². The van der Waals surface area contributed by atoms with E-state index in [1.54, 1.807) is 25.2 Å². The van der Waals surface area contributed by atoms with Gasteiger partial charge in [0.25, 0.3) is 0 Å². The first-order valence-corrected chi connectivity index (χ1v) is 12.6. The zero-order valence-corrected chi connectivity index (χ0v) is 18.6. The Labute approximate surface area is 175 Å². The molecule has 1 fully saturated rings. The molecule has 1 aromatic carbocycles. The van der Waals surface area contributed by atoms with Crippen LogP contribution in [0.5, 0.6) is 5.75 Å². The summed E-state index contributed by atoms with van der Waals surface area (Å²) in [5.74, 6) is 0.690. The maximum atomic E-state index is 12.8. The molecule has 7 nitrogen and oxygen atoms in total. The molecule has 0 unspecified atom stereocenters. The molecule has 29 heavy (non-hydrogen) atoms. The van der Waals surface area contributed by atoms with E-state index in [9.17, 15) is 4.57 Å². The van der Waals surface area contributed by atoms with Gasteiger partial charge in [0, 0.05) is 36.5 Å². The summed E-state index contributed by atoms with van der Waals surface area (Å²) in [6, 6.07) is 4.08. The fourth-order valence-electron chi connectivity index (χ4n) is 3.81. The van der Waals surface area contributed by atoms with E-state index in [0.29, 0.717) is 19.0 Å². The van der Waals surface area contributed by atoms with Crippen LogP contribution in [0.15, 0.2) is 17.6 Å². The van der Waals surface area contributed by atoms with Gasteiger partial charge in [-0.05, 0) is 31.0 Å². The van der Waals surface area contributed by atoms with E-state index in [1.165, 1.54) is 16.0 Å². The van der Waals surface area contributed by atoms with Crippen molar-refractivity contribution in [1.82, 2.24) is 9.88 Å². The standard InChI is InChI=1S/C20H27N2O5PS/c1-3-26-28(23,27-4-2)14-25-17-6-5-15(12-22-7-9-24-10-8-22)16-11-18-20(19(16)17)21-13-29-18/h5-6,13H,3-4,7-12,14H2,1-2H3. The van der Waals surface area contributed by atoms with Gasteiger partial charge in [-0.2, -0.15) is 0 Å². The lowest BCUT2D eigenvalue weighted by molar-refractivity contribution is 0.0341. The Kier molecular flexibility index (Phi) is 6.69. The Morgan fingerprint density at radius 1 is 1.21 bits per heavy atom. The molecule has 0 spiro atoms. The fraction of sp³-hybridized carbons (Fsp3) is 0.550. The van der Waals surface area contributed by atoms with Crippen LogP contribution in [0.2, 0.25) is 0 Å². The maximum Gasteiger partial charge on any atom is 0.367 e. The molecule has 2 aliphatic rings. The van der Waals surface area contributed by atoms with Gasteiger partial charge in [0.1, 0.15) is 5.75 Å². The summed E-state index contributed by atoms with van der Waals surface area (Å²) in [5.41, 5.74) is 6.42. The highest BCUT2D eigenvalue weighted by atomic mass is 32.1. The van der Waals surface area contributed by atoms with E-state index in [2.05, 4.69) is 16.0 Å². The first kappa shape index (κ1) is 21.0. The zero-order valence-electron chi connectivity index (χ0n) is 16.9. The molecule has 1 aromatic heterocycles. The van der Waals surface area contributed by atoms with Gasteiger partial charge in [-0.25, -0.2) is 4.98 Å². The largest absolute Gasteiger partial charge is 0.480 e. The molecule has 4 rings (SSSR count). The smallest absolute Gasteiger partial charge is 0.367 e. The Morgan fingerprint density at radius 2 is 1.97 bits per heavy atom. The quantitative estimate of drug-likeness (QED) is 0.465. The Bertz CT molecular complexity index is 887. The van der Waals surface area contributed by atoms with E-state index in [-0.39, 0.29) is 6.35 Å². The lowest BCUT2D eigenvalue weighted by atomic mass is 10.0. The van der Waals surface area contributed by atoms with Gasteiger partial charge in [-0.3, -0.25) is 9.46 Å². The lowest BCUT2D eigenvalue weighted by Gasteiger charge is -2.27. The molecule has 0 atom stereocenters. The lowest BCUT2D eigenvalue weighted by Crippen LogP contribution is -2.35. The van der Waals surface area contributed by atoms with Gasteiger partial charge in [0.2, 0.25) is 0 Å². The SMILES string of the molecule is CCOP(=O)(COc1ccc(CN2CCOCC2)c2c1-c1ncsc1C2)OCC. The molecule has 2 heterocycles. The van der Waals surface area contributed by atoms with E-state index in [1.807, 2.05) is 11.6 Å². The van der Waals surface area contributed by atoms with Gasteiger partial charge < -0.3 is 18.5 Å². The van der Waals surface area contributed by atoms with Crippen LogP contribution in [-0.2, 0) is 31.3 Å². The van der Waals surface area contributed by atoms with Gasteiger partial charge >= 0.3 is 7.60 Å². The normalized spacial score (nSPS) is 16.6. The molecule has 1 aliphatic carbocycles. The van der Waals surface area contributed by atoms with Crippen molar-refractivity contribution in [3.05, 3.63) is 33.6 Å². The number of nitrogens with zero attached hydrogens (tertiary/aromatic N) is 2. The first-order valence-electron chi connectivity index (χ1n) is 10.0. The minimum absolute atomic E-state index is 0.108. The molecule has 0 saturated carbocycles. The molecule has 0 radical (unpaired) electrons. The molecule has 0 bridgehead atoms. The molecule has 158 valence electrons. The second-order valence-corrected chi connectivity index (χ2v) is 9.92. The molecular weight excluding hydrogens is 411 g/mol. The molecule has 2 aromatic rings. The van der Waals surface area contributed by atoms with Gasteiger partial charge in [0.05, 0.1) is 37.6 Å². The summed E-state index contributed by atoms with van der Waals surface area (Å²) in [6.07, 6.45) is 0.754. The third-order valence-electron chi connectivity index (χ3n) is 5.11. The van der Waals surface area contributed by atoms with Crippen LogP contribution in [0.4, 0.5) is 0 Å². The van der Waals surface area contributed by atoms with Crippen LogP contribution >= 0.6 is 18.9 Å². The van der Waals surface area contributed by atoms with Gasteiger partial charge in [-0.1, -0.05) is 6.07 Å². The Morgan fingerprint density at radius 3 is 2.69 bits per heavy atom. The third kappa shape index (κ3) is 4.58. The highest BCUT2D eigenvalue weighted by Gasteiger charge is 2.30. The summed E-state index contributed by atoms with van der Waals surface area (Å²) in [6.45, 7) is 8.55. The second-order valence-electron chi connectivity index (χ2n) is 6.99. The Balaban J connectivity index is 1.60. The number of ether oxygens (including phenoxy) is 2. The average molecular weight is 438 g/mol. The fourth-order valence-corrected chi connectivity index (χ4v) is 5.90. The topological polar surface area (TPSA) is 70.1 Å². The number of rotatable bonds is 9. The second kappa shape index (κ2) is 9.25. The van der Waals surface area contributed by atoms with E-state index in [0.717, 1.165) is 50.5 Å². The van der Waals surface area contributed by atoms with Crippen molar-refractivity contribution in [3.8, 4) is 17.0 Å². The van der Waals surface area contributed by atoms with E-state index >= 15 is 0 Å². The molecular formula is C20H27N2O5PS. The number of aromatic nitrogens is 1. The van der Waals surface area contributed by atoms with Crippen LogP contribution in [0.3, 0.4) is 0 Å². The maximum absolute atomic E-state index is 12.8. The van der Waals surface area contributed by atoms with Crippen molar-refractivity contribution in [2.75, 3.05) is 45.9 Å². The summed E-state index contributed by atoms with van der Waals surface area (Å²) in [5, 5.41) is 0. The van der Waals surface area contributed by atoms with Crippen molar-refractivity contribution >= 4 is 18.9 Å². The van der Waals surface area contributed by atoms with Crippen LogP contribution in [0, 0.1) is 0 Å². The number of morpholine rings is 1. The highest BCUT2D eigenvalue weighted by Crippen LogP contribution is 2.50. The zero-order chi connectivity index (χ0) is 20.3. The molecule has 0 N–H and O–H groups in total. The summed E-state index contributed by atoms with van der Waals surface area (Å²) in [4.78, 5) is 8.24.